The third-order valence-corrected chi connectivity index (χ3v) is 3.75. The zero-order valence-electron chi connectivity index (χ0n) is 11.3. The number of rotatable bonds is 5. The molecule has 5 heteroatoms. The summed E-state index contributed by atoms with van der Waals surface area (Å²) in [6, 6.07) is 11.7. The fraction of sp³-hybridized carbons (Fsp3) is 0.188. The highest BCUT2D eigenvalue weighted by Gasteiger charge is 2.13. The lowest BCUT2D eigenvalue weighted by atomic mass is 10.0. The first-order valence-corrected chi connectivity index (χ1v) is 7.16. The van der Waals surface area contributed by atoms with Crippen molar-refractivity contribution in [1.29, 1.82) is 0 Å². The predicted molar refractivity (Wildman–Crippen MR) is 80.9 cm³/mol. The quantitative estimate of drug-likeness (QED) is 0.869. The average Bonchev–Trinajstić information content (AvgIpc) is 2.48. The van der Waals surface area contributed by atoms with Crippen molar-refractivity contribution in [2.75, 3.05) is 0 Å². The summed E-state index contributed by atoms with van der Waals surface area (Å²) < 4.78 is 19.0. The molecule has 1 unspecified atom stereocenters. The fourth-order valence-electron chi connectivity index (χ4n) is 1.78. The Morgan fingerprint density at radius 2 is 1.95 bits per heavy atom. The molecule has 0 aliphatic rings. The molecule has 21 heavy (non-hydrogen) atoms. The number of hydrogen-bond acceptors (Lipinski definition) is 2. The molecule has 0 aliphatic heterocycles. The second kappa shape index (κ2) is 6.72. The molecule has 0 fully saturated rings. The molecule has 0 saturated carbocycles. The molecule has 1 atom stereocenters. The van der Waals surface area contributed by atoms with Crippen molar-refractivity contribution >= 4 is 21.9 Å². The second-order valence-corrected chi connectivity index (χ2v) is 5.52. The van der Waals surface area contributed by atoms with Crippen molar-refractivity contribution < 1.29 is 19.0 Å². The average molecular weight is 353 g/mol. The lowest BCUT2D eigenvalue weighted by Crippen LogP contribution is -2.07. The third kappa shape index (κ3) is 4.04. The van der Waals surface area contributed by atoms with Crippen LogP contribution in [-0.4, -0.2) is 11.1 Å². The molecule has 0 amide bonds. The van der Waals surface area contributed by atoms with Crippen molar-refractivity contribution in [1.82, 2.24) is 0 Å². The van der Waals surface area contributed by atoms with E-state index in [1.54, 1.807) is 31.2 Å². The molecule has 3 nitrogen and oxygen atoms in total. The van der Waals surface area contributed by atoms with Gasteiger partial charge in [-0.3, -0.25) is 4.79 Å². The molecule has 0 heterocycles. The zero-order valence-corrected chi connectivity index (χ0v) is 12.9. The van der Waals surface area contributed by atoms with E-state index in [9.17, 15) is 9.18 Å². The minimum Gasteiger partial charge on any atom is -0.489 e. The van der Waals surface area contributed by atoms with E-state index in [1.165, 1.54) is 6.07 Å². The molecular formula is C16H14BrFO3. The van der Waals surface area contributed by atoms with Gasteiger partial charge in [-0.1, -0.05) is 24.3 Å². The maximum atomic E-state index is 13.1. The standard InChI is InChI=1S/C16H14BrFO3/c1-10(16(19)20)12-4-2-11(3-5-12)9-21-13-6-7-15(18)14(17)8-13/h2-8,10H,9H2,1H3,(H,19,20). The van der Waals surface area contributed by atoms with Crippen LogP contribution in [0.2, 0.25) is 0 Å². The molecule has 0 bridgehead atoms. The van der Waals surface area contributed by atoms with Crippen LogP contribution < -0.4 is 4.74 Å². The Morgan fingerprint density at radius 3 is 2.52 bits per heavy atom. The van der Waals surface area contributed by atoms with Crippen LogP contribution in [0.25, 0.3) is 0 Å². The Balaban J connectivity index is 2.00. The van der Waals surface area contributed by atoms with Gasteiger partial charge in [0, 0.05) is 0 Å². The molecule has 2 rings (SSSR count). The third-order valence-electron chi connectivity index (χ3n) is 3.15. The van der Waals surface area contributed by atoms with Gasteiger partial charge in [0.1, 0.15) is 18.2 Å². The van der Waals surface area contributed by atoms with Crippen LogP contribution in [0.15, 0.2) is 46.9 Å². The molecule has 0 saturated heterocycles. The van der Waals surface area contributed by atoms with Gasteiger partial charge in [-0.15, -0.1) is 0 Å². The van der Waals surface area contributed by atoms with Gasteiger partial charge in [0.25, 0.3) is 0 Å². The van der Waals surface area contributed by atoms with Crippen LogP contribution >= 0.6 is 15.9 Å². The van der Waals surface area contributed by atoms with Crippen LogP contribution in [0, 0.1) is 5.82 Å². The molecule has 0 spiro atoms. The highest BCUT2D eigenvalue weighted by molar-refractivity contribution is 9.10. The second-order valence-electron chi connectivity index (χ2n) is 4.67. The summed E-state index contributed by atoms with van der Waals surface area (Å²) in [7, 11) is 0. The molecule has 0 aliphatic carbocycles. The Kier molecular flexibility index (Phi) is 4.96. The number of aliphatic carboxylic acids is 1. The number of ether oxygens (including phenoxy) is 1. The van der Waals surface area contributed by atoms with E-state index in [4.69, 9.17) is 9.84 Å². The van der Waals surface area contributed by atoms with Gasteiger partial charge in [-0.25, -0.2) is 4.39 Å². The number of carboxylic acid groups (broad SMARTS) is 1. The maximum Gasteiger partial charge on any atom is 0.310 e. The van der Waals surface area contributed by atoms with E-state index < -0.39 is 11.9 Å². The Bertz CT molecular complexity index is 640. The first kappa shape index (κ1) is 15.5. The van der Waals surface area contributed by atoms with Gasteiger partial charge in [-0.2, -0.15) is 0 Å². The summed E-state index contributed by atoms with van der Waals surface area (Å²) in [5.41, 5.74) is 1.66. The molecule has 2 aromatic carbocycles. The SMILES string of the molecule is CC(C(=O)O)c1ccc(COc2ccc(F)c(Br)c2)cc1. The number of benzene rings is 2. The van der Waals surface area contributed by atoms with Crippen LogP contribution in [0.4, 0.5) is 4.39 Å². The van der Waals surface area contributed by atoms with Gasteiger partial charge in [0.2, 0.25) is 0 Å². The van der Waals surface area contributed by atoms with Crippen LogP contribution in [0.5, 0.6) is 5.75 Å². The molecule has 0 aromatic heterocycles. The highest BCUT2D eigenvalue weighted by Crippen LogP contribution is 2.23. The molecule has 2 aromatic rings. The summed E-state index contributed by atoms with van der Waals surface area (Å²) in [5.74, 6) is -1.16. The number of hydrogen-bond donors (Lipinski definition) is 1. The van der Waals surface area contributed by atoms with Crippen LogP contribution in [0.3, 0.4) is 0 Å². The van der Waals surface area contributed by atoms with Crippen molar-refractivity contribution in [3.63, 3.8) is 0 Å². The Labute approximate surface area is 130 Å². The Morgan fingerprint density at radius 1 is 1.29 bits per heavy atom. The predicted octanol–water partition coefficient (Wildman–Crippen LogP) is 4.36. The Hall–Kier alpha value is -1.88. The lowest BCUT2D eigenvalue weighted by molar-refractivity contribution is -0.138. The van der Waals surface area contributed by atoms with Gasteiger partial charge in [0.05, 0.1) is 10.4 Å². The van der Waals surface area contributed by atoms with E-state index >= 15 is 0 Å². The van der Waals surface area contributed by atoms with Crippen LogP contribution in [0.1, 0.15) is 24.0 Å². The van der Waals surface area contributed by atoms with E-state index in [0.717, 1.165) is 11.1 Å². The molecule has 110 valence electrons. The molecular weight excluding hydrogens is 339 g/mol. The van der Waals surface area contributed by atoms with Crippen molar-refractivity contribution in [3.05, 3.63) is 63.9 Å². The summed E-state index contributed by atoms with van der Waals surface area (Å²) >= 11 is 3.10. The van der Waals surface area contributed by atoms with Gasteiger partial charge in [0.15, 0.2) is 0 Å². The maximum absolute atomic E-state index is 13.1. The summed E-state index contributed by atoms with van der Waals surface area (Å²) in [6.07, 6.45) is 0. The molecule has 0 radical (unpaired) electrons. The smallest absolute Gasteiger partial charge is 0.310 e. The summed E-state index contributed by atoms with van der Waals surface area (Å²) in [4.78, 5) is 10.9. The zero-order chi connectivity index (χ0) is 15.4. The minimum atomic E-state index is -0.852. The van der Waals surface area contributed by atoms with Gasteiger partial charge in [-0.05, 0) is 52.2 Å². The topological polar surface area (TPSA) is 46.5 Å². The van der Waals surface area contributed by atoms with E-state index in [2.05, 4.69) is 15.9 Å². The minimum absolute atomic E-state index is 0.333. The van der Waals surface area contributed by atoms with Gasteiger partial charge >= 0.3 is 5.97 Å². The molecule has 1 N–H and O–H groups in total. The first-order chi connectivity index (χ1) is 9.97. The lowest BCUT2D eigenvalue weighted by Gasteiger charge is -2.09. The van der Waals surface area contributed by atoms with E-state index in [0.29, 0.717) is 16.8 Å². The fourth-order valence-corrected chi connectivity index (χ4v) is 2.14. The van der Waals surface area contributed by atoms with Crippen molar-refractivity contribution in [3.8, 4) is 5.75 Å². The summed E-state index contributed by atoms with van der Waals surface area (Å²) in [6.45, 7) is 1.98. The first-order valence-electron chi connectivity index (χ1n) is 6.37. The monoisotopic (exact) mass is 352 g/mol. The number of carboxylic acids is 1. The van der Waals surface area contributed by atoms with Crippen molar-refractivity contribution in [2.45, 2.75) is 19.4 Å². The number of carbonyl (C=O) groups is 1. The van der Waals surface area contributed by atoms with E-state index in [1.807, 2.05) is 12.1 Å². The normalized spacial score (nSPS) is 12.0. The van der Waals surface area contributed by atoms with Crippen molar-refractivity contribution in [2.24, 2.45) is 0 Å². The highest BCUT2D eigenvalue weighted by atomic mass is 79.9. The van der Waals surface area contributed by atoms with E-state index in [-0.39, 0.29) is 5.82 Å². The largest absolute Gasteiger partial charge is 0.489 e. The van der Waals surface area contributed by atoms with Gasteiger partial charge < -0.3 is 9.84 Å². The number of halogens is 2. The van der Waals surface area contributed by atoms with Crippen LogP contribution in [-0.2, 0) is 11.4 Å². The summed E-state index contributed by atoms with van der Waals surface area (Å²) in [5, 5.41) is 8.95.